The van der Waals surface area contributed by atoms with Gasteiger partial charge in [-0.25, -0.2) is 0 Å². The molecule has 0 fully saturated rings. The van der Waals surface area contributed by atoms with E-state index < -0.39 is 5.97 Å². The van der Waals surface area contributed by atoms with E-state index in [9.17, 15) is 0 Å². The zero-order valence-electron chi connectivity index (χ0n) is 10.6. The molecule has 98 valence electrons. The summed E-state index contributed by atoms with van der Waals surface area (Å²) in [6, 6.07) is 0. The quantitative estimate of drug-likeness (QED) is 0.338. The molecule has 0 spiro atoms. The van der Waals surface area contributed by atoms with Crippen molar-refractivity contribution in [1.82, 2.24) is 0 Å². The summed E-state index contributed by atoms with van der Waals surface area (Å²) < 4.78 is 22.1. The molecule has 0 aromatic rings. The average molecular weight is 271 g/mol. The number of alkyl halides is 1. The predicted molar refractivity (Wildman–Crippen MR) is 67.8 cm³/mol. The molecule has 0 aliphatic carbocycles. The first-order valence-electron chi connectivity index (χ1n) is 5.62. The van der Waals surface area contributed by atoms with Gasteiger partial charge in [-0.3, -0.25) is 0 Å². The molecule has 0 heterocycles. The first kappa shape index (κ1) is 16.3. The van der Waals surface area contributed by atoms with Gasteiger partial charge in [-0.1, -0.05) is 0 Å². The van der Waals surface area contributed by atoms with Gasteiger partial charge in [0.05, 0.1) is 0 Å². The van der Waals surface area contributed by atoms with E-state index in [0.717, 1.165) is 12.8 Å². The van der Waals surface area contributed by atoms with E-state index in [0.29, 0.717) is 29.6 Å². The Morgan fingerprint density at radius 2 is 1.81 bits per heavy atom. The standard InChI is InChI=1S/C10H23ClO4Si/c1-4-13-10(12-3,14-5-2)9(15-16)7-6-8-11/h9H,4-8H2,1-3,16H3. The van der Waals surface area contributed by atoms with Crippen LogP contribution in [0.4, 0.5) is 0 Å². The molecule has 0 N–H and O–H groups in total. The fraction of sp³-hybridized carbons (Fsp3) is 1.00. The van der Waals surface area contributed by atoms with Crippen molar-refractivity contribution in [2.24, 2.45) is 0 Å². The molecule has 0 bridgehead atoms. The highest BCUT2D eigenvalue weighted by Crippen LogP contribution is 2.25. The Labute approximate surface area is 106 Å². The van der Waals surface area contributed by atoms with Crippen LogP contribution in [0.2, 0.25) is 0 Å². The summed E-state index contributed by atoms with van der Waals surface area (Å²) in [6.07, 6.45) is 1.39. The highest BCUT2D eigenvalue weighted by Gasteiger charge is 2.41. The van der Waals surface area contributed by atoms with E-state index in [4.69, 9.17) is 30.2 Å². The van der Waals surface area contributed by atoms with Crippen LogP contribution in [-0.2, 0) is 18.6 Å². The minimum absolute atomic E-state index is 0.220. The summed E-state index contributed by atoms with van der Waals surface area (Å²) in [7, 11) is 2.17. The minimum Gasteiger partial charge on any atom is -0.417 e. The smallest absolute Gasteiger partial charge is 0.309 e. The fourth-order valence-corrected chi connectivity index (χ4v) is 2.26. The summed E-state index contributed by atoms with van der Waals surface area (Å²) in [4.78, 5) is 0. The highest BCUT2D eigenvalue weighted by atomic mass is 35.5. The molecule has 1 unspecified atom stereocenters. The lowest BCUT2D eigenvalue weighted by Gasteiger charge is -2.37. The van der Waals surface area contributed by atoms with E-state index in [1.165, 1.54) is 0 Å². The van der Waals surface area contributed by atoms with Crippen LogP contribution in [0, 0.1) is 0 Å². The Morgan fingerprint density at radius 1 is 1.25 bits per heavy atom. The van der Waals surface area contributed by atoms with Gasteiger partial charge < -0.3 is 18.6 Å². The van der Waals surface area contributed by atoms with Crippen molar-refractivity contribution < 1.29 is 18.6 Å². The largest absolute Gasteiger partial charge is 0.417 e. The summed E-state index contributed by atoms with van der Waals surface area (Å²) in [5.41, 5.74) is 0. The lowest BCUT2D eigenvalue weighted by Crippen LogP contribution is -2.50. The summed E-state index contributed by atoms with van der Waals surface area (Å²) in [5, 5.41) is 0. The minimum atomic E-state index is -1.09. The van der Waals surface area contributed by atoms with Gasteiger partial charge in [-0.05, 0) is 26.7 Å². The van der Waals surface area contributed by atoms with E-state index in [1.54, 1.807) is 7.11 Å². The number of methoxy groups -OCH3 is 1. The Hall–Kier alpha value is 0.347. The molecular formula is C10H23ClO4Si. The lowest BCUT2D eigenvalue weighted by molar-refractivity contribution is -0.399. The van der Waals surface area contributed by atoms with Crippen molar-refractivity contribution in [3.63, 3.8) is 0 Å². The van der Waals surface area contributed by atoms with Crippen molar-refractivity contribution in [1.29, 1.82) is 0 Å². The lowest BCUT2D eigenvalue weighted by atomic mass is 10.2. The monoisotopic (exact) mass is 270 g/mol. The van der Waals surface area contributed by atoms with Crippen LogP contribution in [-0.4, -0.2) is 48.8 Å². The van der Waals surface area contributed by atoms with E-state index in [1.807, 2.05) is 13.8 Å². The number of rotatable bonds is 10. The molecule has 0 aliphatic heterocycles. The normalized spacial score (nSPS) is 14.2. The van der Waals surface area contributed by atoms with Crippen LogP contribution in [0.15, 0.2) is 0 Å². The molecule has 0 aliphatic rings. The summed E-state index contributed by atoms with van der Waals surface area (Å²) in [6.45, 7) is 4.82. The van der Waals surface area contributed by atoms with E-state index >= 15 is 0 Å². The molecule has 0 rings (SSSR count). The van der Waals surface area contributed by atoms with Crippen molar-refractivity contribution >= 4 is 22.1 Å². The average Bonchev–Trinajstić information content (AvgIpc) is 2.30. The van der Waals surface area contributed by atoms with E-state index in [2.05, 4.69) is 0 Å². The molecule has 0 saturated heterocycles. The molecule has 6 heteroatoms. The van der Waals surface area contributed by atoms with Gasteiger partial charge in [-0.15, -0.1) is 11.6 Å². The second-order valence-electron chi connectivity index (χ2n) is 3.23. The second-order valence-corrected chi connectivity index (χ2v) is 4.08. The van der Waals surface area contributed by atoms with E-state index in [-0.39, 0.29) is 6.10 Å². The molecule has 0 amide bonds. The first-order chi connectivity index (χ1) is 7.70. The third kappa shape index (κ3) is 4.69. The molecule has 0 aromatic carbocycles. The second kappa shape index (κ2) is 9.38. The topological polar surface area (TPSA) is 36.9 Å². The van der Waals surface area contributed by atoms with Crippen molar-refractivity contribution in [2.75, 3.05) is 26.2 Å². The third-order valence-electron chi connectivity index (χ3n) is 2.25. The number of ether oxygens (including phenoxy) is 3. The summed E-state index contributed by atoms with van der Waals surface area (Å²) >= 11 is 5.68. The van der Waals surface area contributed by atoms with Crippen LogP contribution in [0.25, 0.3) is 0 Å². The number of halogens is 1. The molecule has 1 atom stereocenters. The first-order valence-corrected chi connectivity index (χ1v) is 6.97. The van der Waals surface area contributed by atoms with Gasteiger partial charge in [0.2, 0.25) is 0 Å². The zero-order valence-corrected chi connectivity index (χ0v) is 13.4. The molecule has 0 radical (unpaired) electrons. The maximum atomic E-state index is 5.68. The third-order valence-corrected chi connectivity index (χ3v) is 3.09. The molecule has 0 saturated carbocycles. The van der Waals surface area contributed by atoms with Crippen LogP contribution >= 0.6 is 11.6 Å². The predicted octanol–water partition coefficient (Wildman–Crippen LogP) is 1.04. The van der Waals surface area contributed by atoms with Crippen molar-refractivity contribution in [3.05, 3.63) is 0 Å². The number of hydrogen-bond donors (Lipinski definition) is 0. The molecule has 4 nitrogen and oxygen atoms in total. The van der Waals surface area contributed by atoms with Gasteiger partial charge in [0.1, 0.15) is 16.6 Å². The van der Waals surface area contributed by atoms with Gasteiger partial charge in [0, 0.05) is 26.2 Å². The van der Waals surface area contributed by atoms with Crippen molar-refractivity contribution in [2.45, 2.75) is 38.8 Å². The maximum absolute atomic E-state index is 5.68. The molecule has 0 aromatic heterocycles. The van der Waals surface area contributed by atoms with Crippen molar-refractivity contribution in [3.8, 4) is 0 Å². The maximum Gasteiger partial charge on any atom is 0.309 e. The van der Waals surface area contributed by atoms with Crippen LogP contribution < -0.4 is 0 Å². The Bertz CT molecular complexity index is 165. The number of hydrogen-bond acceptors (Lipinski definition) is 4. The Balaban J connectivity index is 4.63. The Morgan fingerprint density at radius 3 is 2.12 bits per heavy atom. The van der Waals surface area contributed by atoms with Crippen LogP contribution in [0.5, 0.6) is 0 Å². The molecule has 16 heavy (non-hydrogen) atoms. The molecular weight excluding hydrogens is 248 g/mol. The van der Waals surface area contributed by atoms with Gasteiger partial charge in [0.15, 0.2) is 0 Å². The van der Waals surface area contributed by atoms with Crippen LogP contribution in [0.3, 0.4) is 0 Å². The zero-order chi connectivity index (χ0) is 12.4. The van der Waals surface area contributed by atoms with Gasteiger partial charge >= 0.3 is 5.97 Å². The Kier molecular flexibility index (Phi) is 9.59. The summed E-state index contributed by atoms with van der Waals surface area (Å²) in [5.74, 6) is -0.489. The van der Waals surface area contributed by atoms with Crippen LogP contribution in [0.1, 0.15) is 26.7 Å². The van der Waals surface area contributed by atoms with Gasteiger partial charge in [0.25, 0.3) is 0 Å². The highest BCUT2D eigenvalue weighted by molar-refractivity contribution is 6.17. The fourth-order valence-electron chi connectivity index (χ4n) is 1.58. The van der Waals surface area contributed by atoms with Gasteiger partial charge in [-0.2, -0.15) is 0 Å². The SMILES string of the molecule is CCOC(OC)(OCC)C(CCCCl)O[SiH3].